The Labute approximate surface area is 69.0 Å². The van der Waals surface area contributed by atoms with Crippen molar-refractivity contribution in [3.05, 3.63) is 24.3 Å². The van der Waals surface area contributed by atoms with Gasteiger partial charge in [-0.2, -0.15) is 0 Å². The highest BCUT2D eigenvalue weighted by Crippen LogP contribution is 1.90. The molecular formula is C7H8N2O3. The predicted molar refractivity (Wildman–Crippen MR) is 39.4 cm³/mol. The first-order valence-electron chi connectivity index (χ1n) is 3.39. The third-order valence-electron chi connectivity index (χ3n) is 1.07. The zero-order valence-electron chi connectivity index (χ0n) is 6.30. The molecule has 0 atom stereocenters. The predicted octanol–water partition coefficient (Wildman–Crippen LogP) is -0.374. The number of esters is 1. The number of rotatable bonds is 3. The van der Waals surface area contributed by atoms with Gasteiger partial charge in [0.05, 0.1) is 6.61 Å². The highest BCUT2D eigenvalue weighted by atomic mass is 16.5. The quantitative estimate of drug-likeness (QED) is 0.623. The molecule has 0 aliphatic carbocycles. The third-order valence-corrected chi connectivity index (χ3v) is 1.07. The highest BCUT2D eigenvalue weighted by Gasteiger charge is 2.07. The Hall–Kier alpha value is -1.49. The summed E-state index contributed by atoms with van der Waals surface area (Å²) in [5, 5.41) is 8.34. The summed E-state index contributed by atoms with van der Waals surface area (Å²) in [5.41, 5.74) is 0. The first kappa shape index (κ1) is 8.61. The second-order valence-corrected chi connectivity index (χ2v) is 1.93. The summed E-state index contributed by atoms with van der Waals surface area (Å²) < 4.78 is 4.56. The molecule has 0 radical (unpaired) electrons. The molecule has 0 aliphatic heterocycles. The zero-order valence-corrected chi connectivity index (χ0v) is 6.30. The highest BCUT2D eigenvalue weighted by molar-refractivity contribution is 5.84. The lowest BCUT2D eigenvalue weighted by Gasteiger charge is -1.99. The number of aliphatic hydroxyl groups excluding tert-OH is 1. The van der Waals surface area contributed by atoms with E-state index >= 15 is 0 Å². The lowest BCUT2D eigenvalue weighted by molar-refractivity contribution is 0.0419. The fraction of sp³-hybridized carbons (Fsp3) is 0.286. The van der Waals surface area contributed by atoms with E-state index in [0.29, 0.717) is 0 Å². The molecule has 1 N–H and O–H groups in total. The molecular weight excluding hydrogens is 160 g/mol. The van der Waals surface area contributed by atoms with Crippen molar-refractivity contribution < 1.29 is 14.6 Å². The topological polar surface area (TPSA) is 72.3 Å². The molecule has 5 nitrogen and oxygen atoms in total. The molecule has 0 saturated heterocycles. The van der Waals surface area contributed by atoms with Gasteiger partial charge in [0.15, 0.2) is 0 Å². The molecule has 1 heterocycles. The van der Waals surface area contributed by atoms with E-state index in [9.17, 15) is 4.79 Å². The molecule has 64 valence electrons. The van der Waals surface area contributed by atoms with Crippen LogP contribution < -0.4 is 0 Å². The molecule has 0 bridgehead atoms. The number of hydrogen-bond donors (Lipinski definition) is 1. The SMILES string of the molecule is O=C(OCCO)c1ncccn1. The normalized spacial score (nSPS) is 9.42. The van der Waals surface area contributed by atoms with Crippen LogP contribution in [-0.4, -0.2) is 34.3 Å². The minimum atomic E-state index is -0.621. The number of carbonyl (C=O) groups excluding carboxylic acids is 1. The Morgan fingerprint density at radius 3 is 2.75 bits per heavy atom. The number of aromatic nitrogens is 2. The molecule has 0 spiro atoms. The van der Waals surface area contributed by atoms with Crippen LogP contribution in [0.25, 0.3) is 0 Å². The van der Waals surface area contributed by atoms with Crippen LogP contribution in [0.2, 0.25) is 0 Å². The maximum absolute atomic E-state index is 10.9. The van der Waals surface area contributed by atoms with E-state index < -0.39 is 5.97 Å². The molecule has 0 saturated carbocycles. The minimum Gasteiger partial charge on any atom is -0.457 e. The number of aliphatic hydroxyl groups is 1. The Morgan fingerprint density at radius 2 is 2.17 bits per heavy atom. The van der Waals surface area contributed by atoms with E-state index in [1.807, 2.05) is 0 Å². The standard InChI is InChI=1S/C7H8N2O3/c10-4-5-12-7(11)6-8-2-1-3-9-6/h1-3,10H,4-5H2. The maximum Gasteiger partial charge on any atom is 0.376 e. The molecule has 1 rings (SSSR count). The van der Waals surface area contributed by atoms with Gasteiger partial charge in [-0.05, 0) is 6.07 Å². The summed E-state index contributed by atoms with van der Waals surface area (Å²) in [5.74, 6) is -0.615. The minimum absolute atomic E-state index is 0.00551. The molecule has 0 aliphatic rings. The summed E-state index contributed by atoms with van der Waals surface area (Å²) in [6, 6.07) is 1.60. The van der Waals surface area contributed by atoms with Gasteiger partial charge < -0.3 is 9.84 Å². The molecule has 0 aromatic carbocycles. The van der Waals surface area contributed by atoms with Crippen molar-refractivity contribution in [3.8, 4) is 0 Å². The van der Waals surface area contributed by atoms with Crippen LogP contribution in [0.3, 0.4) is 0 Å². The first-order valence-corrected chi connectivity index (χ1v) is 3.39. The summed E-state index contributed by atoms with van der Waals surface area (Å²) in [6.07, 6.45) is 2.89. The van der Waals surface area contributed by atoms with Gasteiger partial charge in [-0.25, -0.2) is 14.8 Å². The number of hydrogen-bond acceptors (Lipinski definition) is 5. The average molecular weight is 168 g/mol. The van der Waals surface area contributed by atoms with Crippen LogP contribution in [0, 0.1) is 0 Å². The van der Waals surface area contributed by atoms with Crippen LogP contribution in [0.5, 0.6) is 0 Å². The lowest BCUT2D eigenvalue weighted by Crippen LogP contribution is -2.11. The molecule has 0 fully saturated rings. The Kier molecular flexibility index (Phi) is 3.16. The van der Waals surface area contributed by atoms with Gasteiger partial charge in [-0.3, -0.25) is 0 Å². The summed E-state index contributed by atoms with van der Waals surface area (Å²) in [7, 11) is 0. The van der Waals surface area contributed by atoms with Gasteiger partial charge >= 0.3 is 5.97 Å². The van der Waals surface area contributed by atoms with Gasteiger partial charge in [-0.1, -0.05) is 0 Å². The molecule has 1 aromatic rings. The first-order chi connectivity index (χ1) is 5.84. The van der Waals surface area contributed by atoms with Gasteiger partial charge in [0, 0.05) is 12.4 Å². The fourth-order valence-corrected chi connectivity index (χ4v) is 0.607. The van der Waals surface area contributed by atoms with Gasteiger partial charge in [0.25, 0.3) is 0 Å². The van der Waals surface area contributed by atoms with Crippen molar-refractivity contribution in [1.82, 2.24) is 9.97 Å². The molecule has 5 heteroatoms. The van der Waals surface area contributed by atoms with Gasteiger partial charge in [-0.15, -0.1) is 0 Å². The summed E-state index contributed by atoms with van der Waals surface area (Å²) in [6.45, 7) is -0.227. The fourth-order valence-electron chi connectivity index (χ4n) is 0.607. The van der Waals surface area contributed by atoms with Crippen molar-refractivity contribution in [3.63, 3.8) is 0 Å². The van der Waals surface area contributed by atoms with E-state index in [0.717, 1.165) is 0 Å². The number of carbonyl (C=O) groups is 1. The number of ether oxygens (including phenoxy) is 1. The smallest absolute Gasteiger partial charge is 0.376 e. The Balaban J connectivity index is 2.54. The van der Waals surface area contributed by atoms with Crippen LogP contribution >= 0.6 is 0 Å². The van der Waals surface area contributed by atoms with Crippen LogP contribution in [-0.2, 0) is 4.74 Å². The van der Waals surface area contributed by atoms with Crippen molar-refractivity contribution >= 4 is 5.97 Å². The van der Waals surface area contributed by atoms with Gasteiger partial charge in [0.1, 0.15) is 6.61 Å². The lowest BCUT2D eigenvalue weighted by atomic mass is 10.5. The summed E-state index contributed by atoms with van der Waals surface area (Å²) >= 11 is 0. The van der Waals surface area contributed by atoms with Crippen LogP contribution in [0.1, 0.15) is 10.6 Å². The molecule has 12 heavy (non-hydrogen) atoms. The third kappa shape index (κ3) is 2.28. The van der Waals surface area contributed by atoms with Crippen LogP contribution in [0.4, 0.5) is 0 Å². The van der Waals surface area contributed by atoms with Crippen molar-refractivity contribution in [2.45, 2.75) is 0 Å². The van der Waals surface area contributed by atoms with Crippen molar-refractivity contribution in [1.29, 1.82) is 0 Å². The van der Waals surface area contributed by atoms with Crippen LogP contribution in [0.15, 0.2) is 18.5 Å². The molecule has 0 unspecified atom stereocenters. The number of nitrogens with zero attached hydrogens (tertiary/aromatic N) is 2. The van der Waals surface area contributed by atoms with Crippen molar-refractivity contribution in [2.24, 2.45) is 0 Å². The van der Waals surface area contributed by atoms with Crippen molar-refractivity contribution in [2.75, 3.05) is 13.2 Å². The van der Waals surface area contributed by atoms with E-state index in [2.05, 4.69) is 14.7 Å². The zero-order chi connectivity index (χ0) is 8.81. The van der Waals surface area contributed by atoms with E-state index in [1.165, 1.54) is 12.4 Å². The Bertz CT molecular complexity index is 250. The van der Waals surface area contributed by atoms with Gasteiger partial charge in [0.2, 0.25) is 5.82 Å². The Morgan fingerprint density at radius 1 is 1.50 bits per heavy atom. The largest absolute Gasteiger partial charge is 0.457 e. The van der Waals surface area contributed by atoms with E-state index in [1.54, 1.807) is 6.07 Å². The van der Waals surface area contributed by atoms with E-state index in [4.69, 9.17) is 5.11 Å². The second kappa shape index (κ2) is 4.40. The summed E-state index contributed by atoms with van der Waals surface area (Å²) in [4.78, 5) is 18.3. The monoisotopic (exact) mass is 168 g/mol. The molecule has 0 amide bonds. The maximum atomic E-state index is 10.9. The average Bonchev–Trinajstić information content (AvgIpc) is 2.15. The second-order valence-electron chi connectivity index (χ2n) is 1.93. The van der Waals surface area contributed by atoms with E-state index in [-0.39, 0.29) is 19.0 Å². The molecule has 1 aromatic heterocycles.